The summed E-state index contributed by atoms with van der Waals surface area (Å²) in [5.41, 5.74) is 2.77. The number of pyridine rings is 1. The second-order valence-corrected chi connectivity index (χ2v) is 8.70. The van der Waals surface area contributed by atoms with Crippen LogP contribution in [0.4, 0.5) is 4.79 Å². The maximum Gasteiger partial charge on any atom is 0.317 e. The lowest BCUT2D eigenvalue weighted by Crippen LogP contribution is -2.43. The first-order chi connectivity index (χ1) is 15.7. The highest BCUT2D eigenvalue weighted by atomic mass is 16.3. The minimum absolute atomic E-state index is 0.0551. The number of rotatable bonds is 4. The molecule has 32 heavy (non-hydrogen) atoms. The molecule has 5 rings (SSSR count). The van der Waals surface area contributed by atoms with Crippen molar-refractivity contribution in [2.75, 3.05) is 26.2 Å². The SMILES string of the molecule is O=C(NCc1ccco1)N1CCC(c2ccn3ncc(C(=O)N4CCCCC4)c3c2)CC1. The molecule has 5 heterocycles. The van der Waals surface area contributed by atoms with Crippen molar-refractivity contribution in [1.29, 1.82) is 0 Å². The Morgan fingerprint density at radius 2 is 1.88 bits per heavy atom. The third-order valence-electron chi connectivity index (χ3n) is 6.67. The standard InChI is InChI=1S/C24H29N5O3/c30-23(27-9-2-1-3-10-27)21-17-26-29-13-8-19(15-22(21)29)18-6-11-28(12-7-18)24(31)25-16-20-5-4-14-32-20/h4-5,8,13-15,17-18H,1-3,6-7,9-12,16H2,(H,25,31). The number of piperidine rings is 2. The van der Waals surface area contributed by atoms with Crippen molar-refractivity contribution >= 4 is 17.5 Å². The predicted octanol–water partition coefficient (Wildman–Crippen LogP) is 3.64. The van der Waals surface area contributed by atoms with Gasteiger partial charge in [0.2, 0.25) is 0 Å². The minimum atomic E-state index is -0.0551. The molecule has 0 aliphatic carbocycles. The molecule has 2 aliphatic heterocycles. The molecule has 0 spiro atoms. The highest BCUT2D eigenvalue weighted by molar-refractivity contribution is 6.00. The molecule has 3 aromatic heterocycles. The van der Waals surface area contributed by atoms with Crippen molar-refractivity contribution < 1.29 is 14.0 Å². The number of urea groups is 1. The number of carbonyl (C=O) groups excluding carboxylic acids is 2. The van der Waals surface area contributed by atoms with Crippen LogP contribution in [0.5, 0.6) is 0 Å². The van der Waals surface area contributed by atoms with Crippen LogP contribution in [0.15, 0.2) is 47.3 Å². The van der Waals surface area contributed by atoms with Crippen molar-refractivity contribution in [2.45, 2.75) is 44.6 Å². The van der Waals surface area contributed by atoms with Gasteiger partial charge in [-0.25, -0.2) is 9.31 Å². The van der Waals surface area contributed by atoms with E-state index >= 15 is 0 Å². The lowest BCUT2D eigenvalue weighted by Gasteiger charge is -2.32. The average molecular weight is 436 g/mol. The number of aromatic nitrogens is 2. The first kappa shape index (κ1) is 20.6. The summed E-state index contributed by atoms with van der Waals surface area (Å²) in [6.07, 6.45) is 10.4. The van der Waals surface area contributed by atoms with Gasteiger partial charge in [-0.05, 0) is 67.9 Å². The quantitative estimate of drug-likeness (QED) is 0.678. The van der Waals surface area contributed by atoms with E-state index in [0.29, 0.717) is 31.1 Å². The van der Waals surface area contributed by atoms with E-state index in [2.05, 4.69) is 22.5 Å². The number of likely N-dealkylation sites (tertiary alicyclic amines) is 2. The van der Waals surface area contributed by atoms with E-state index in [1.807, 2.05) is 28.1 Å². The lowest BCUT2D eigenvalue weighted by molar-refractivity contribution is 0.0726. The number of hydrogen-bond acceptors (Lipinski definition) is 4. The normalized spacial score (nSPS) is 17.6. The topological polar surface area (TPSA) is 83.1 Å². The molecule has 0 radical (unpaired) electrons. The number of fused-ring (bicyclic) bond motifs is 1. The van der Waals surface area contributed by atoms with Crippen LogP contribution in [0.25, 0.3) is 5.52 Å². The molecular formula is C24H29N5O3. The zero-order valence-corrected chi connectivity index (χ0v) is 18.2. The van der Waals surface area contributed by atoms with Crippen LogP contribution in [0.1, 0.15) is 59.7 Å². The summed E-state index contributed by atoms with van der Waals surface area (Å²) in [5.74, 6) is 1.19. The predicted molar refractivity (Wildman–Crippen MR) is 119 cm³/mol. The Kier molecular flexibility index (Phi) is 5.83. The monoisotopic (exact) mass is 435 g/mol. The van der Waals surface area contributed by atoms with Gasteiger partial charge < -0.3 is 19.5 Å². The van der Waals surface area contributed by atoms with Gasteiger partial charge in [-0.3, -0.25) is 4.79 Å². The summed E-state index contributed by atoms with van der Waals surface area (Å²) < 4.78 is 7.06. The zero-order chi connectivity index (χ0) is 21.9. The van der Waals surface area contributed by atoms with Crippen LogP contribution in [0, 0.1) is 0 Å². The maximum atomic E-state index is 13.0. The molecule has 0 aromatic carbocycles. The number of nitrogens with one attached hydrogen (secondary N) is 1. The van der Waals surface area contributed by atoms with E-state index in [9.17, 15) is 9.59 Å². The van der Waals surface area contributed by atoms with Crippen molar-refractivity contribution in [3.05, 3.63) is 59.8 Å². The summed E-state index contributed by atoms with van der Waals surface area (Å²) in [5, 5.41) is 7.32. The molecular weight excluding hydrogens is 406 g/mol. The van der Waals surface area contributed by atoms with Gasteiger partial charge in [-0.15, -0.1) is 0 Å². The summed E-state index contributed by atoms with van der Waals surface area (Å²) in [6.45, 7) is 3.47. The van der Waals surface area contributed by atoms with E-state index in [1.165, 1.54) is 12.0 Å². The molecule has 0 atom stereocenters. The van der Waals surface area contributed by atoms with Crippen LogP contribution in [0.2, 0.25) is 0 Å². The molecule has 2 aliphatic rings. The second kappa shape index (κ2) is 9.06. The van der Waals surface area contributed by atoms with Gasteiger partial charge in [0.25, 0.3) is 5.91 Å². The smallest absolute Gasteiger partial charge is 0.317 e. The van der Waals surface area contributed by atoms with Gasteiger partial charge in [-0.1, -0.05) is 0 Å². The summed E-state index contributed by atoms with van der Waals surface area (Å²) >= 11 is 0. The molecule has 2 fully saturated rings. The average Bonchev–Trinajstić information content (AvgIpc) is 3.52. The molecule has 168 valence electrons. The number of furan rings is 1. The number of hydrogen-bond donors (Lipinski definition) is 1. The molecule has 8 nitrogen and oxygen atoms in total. The Morgan fingerprint density at radius 1 is 1.06 bits per heavy atom. The largest absolute Gasteiger partial charge is 0.467 e. The van der Waals surface area contributed by atoms with Gasteiger partial charge >= 0.3 is 6.03 Å². The van der Waals surface area contributed by atoms with Crippen LogP contribution in [-0.2, 0) is 6.54 Å². The molecule has 1 N–H and O–H groups in total. The van der Waals surface area contributed by atoms with Crippen molar-refractivity contribution in [2.24, 2.45) is 0 Å². The fourth-order valence-corrected chi connectivity index (χ4v) is 4.79. The van der Waals surface area contributed by atoms with E-state index in [-0.39, 0.29) is 11.9 Å². The third-order valence-corrected chi connectivity index (χ3v) is 6.67. The zero-order valence-electron chi connectivity index (χ0n) is 18.2. The van der Waals surface area contributed by atoms with Gasteiger partial charge in [0, 0.05) is 32.4 Å². The summed E-state index contributed by atoms with van der Waals surface area (Å²) in [7, 11) is 0. The Labute approximate surface area is 187 Å². The Morgan fingerprint density at radius 3 is 2.62 bits per heavy atom. The molecule has 3 amide bonds. The summed E-state index contributed by atoms with van der Waals surface area (Å²) in [6, 6.07) is 7.81. The van der Waals surface area contributed by atoms with Crippen LogP contribution in [0.3, 0.4) is 0 Å². The minimum Gasteiger partial charge on any atom is -0.467 e. The van der Waals surface area contributed by atoms with Gasteiger partial charge in [0.1, 0.15) is 5.76 Å². The van der Waals surface area contributed by atoms with Crippen LogP contribution >= 0.6 is 0 Å². The molecule has 0 bridgehead atoms. The van der Waals surface area contributed by atoms with E-state index in [1.54, 1.807) is 17.0 Å². The van der Waals surface area contributed by atoms with Crippen LogP contribution in [-0.4, -0.2) is 57.5 Å². The fraction of sp³-hybridized carbons (Fsp3) is 0.458. The van der Waals surface area contributed by atoms with Crippen molar-refractivity contribution in [1.82, 2.24) is 24.7 Å². The van der Waals surface area contributed by atoms with E-state index < -0.39 is 0 Å². The van der Waals surface area contributed by atoms with Gasteiger partial charge in [0.15, 0.2) is 0 Å². The molecule has 0 saturated carbocycles. The first-order valence-electron chi connectivity index (χ1n) is 11.5. The van der Waals surface area contributed by atoms with Crippen molar-refractivity contribution in [3.8, 4) is 0 Å². The molecule has 0 unspecified atom stereocenters. The highest BCUT2D eigenvalue weighted by Crippen LogP contribution is 2.30. The second-order valence-electron chi connectivity index (χ2n) is 8.70. The lowest BCUT2D eigenvalue weighted by atomic mass is 9.89. The number of nitrogens with zero attached hydrogens (tertiary/aromatic N) is 4. The van der Waals surface area contributed by atoms with Gasteiger partial charge in [0.05, 0.1) is 30.1 Å². The molecule has 3 aromatic rings. The van der Waals surface area contributed by atoms with Crippen molar-refractivity contribution in [3.63, 3.8) is 0 Å². The maximum absolute atomic E-state index is 13.0. The van der Waals surface area contributed by atoms with E-state index in [4.69, 9.17) is 4.42 Å². The Bertz CT molecular complexity index is 1080. The Balaban J connectivity index is 1.23. The third kappa shape index (κ3) is 4.22. The van der Waals surface area contributed by atoms with Gasteiger partial charge in [-0.2, -0.15) is 5.10 Å². The molecule has 2 saturated heterocycles. The molecule has 8 heteroatoms. The number of carbonyl (C=O) groups is 2. The highest BCUT2D eigenvalue weighted by Gasteiger charge is 2.26. The van der Waals surface area contributed by atoms with Crippen LogP contribution < -0.4 is 5.32 Å². The van der Waals surface area contributed by atoms with E-state index in [0.717, 1.165) is 50.0 Å². The first-order valence-corrected chi connectivity index (χ1v) is 11.5. The number of amides is 3. The fourth-order valence-electron chi connectivity index (χ4n) is 4.79. The summed E-state index contributed by atoms with van der Waals surface area (Å²) in [4.78, 5) is 29.3. The Hall–Kier alpha value is -3.29.